The number of carbonyl (C=O) groups is 2. The zero-order valence-corrected chi connectivity index (χ0v) is 15.7. The number of hydrogen-bond donors (Lipinski definition) is 0. The van der Waals surface area contributed by atoms with Crippen molar-refractivity contribution in [1.29, 1.82) is 0 Å². The minimum Gasteiger partial charge on any atom is -0.466 e. The third-order valence-electron chi connectivity index (χ3n) is 4.40. The summed E-state index contributed by atoms with van der Waals surface area (Å²) in [5.41, 5.74) is 0.859. The second-order valence-corrected chi connectivity index (χ2v) is 6.89. The van der Waals surface area contributed by atoms with Crippen molar-refractivity contribution in [1.82, 2.24) is 4.90 Å². The van der Waals surface area contributed by atoms with Gasteiger partial charge in [0.25, 0.3) is 5.69 Å². The Kier molecular flexibility index (Phi) is 4.95. The molecule has 8 nitrogen and oxygen atoms in total. The Balaban J connectivity index is 2.20. The van der Waals surface area contributed by atoms with Crippen molar-refractivity contribution in [3.8, 4) is 0 Å². The highest BCUT2D eigenvalue weighted by Crippen LogP contribution is 2.40. The van der Waals surface area contributed by atoms with E-state index in [9.17, 15) is 19.7 Å². The average molecular weight is 387 g/mol. The number of nitro groups is 1. The number of ether oxygens (including phenoxy) is 1. The number of thiophene rings is 1. The number of allylic oxidation sites excluding steroid dienone is 1. The normalized spacial score (nSPS) is 17.3. The SMILES string of the molecule is COC(=O)C1=C(C)N(c2cccc([N+](=O)[O-])c2)C(=O)N(C)[C@H]1c1cccs1. The van der Waals surface area contributed by atoms with Crippen LogP contribution in [0.2, 0.25) is 0 Å². The zero-order chi connectivity index (χ0) is 19.7. The molecule has 0 radical (unpaired) electrons. The molecule has 0 saturated carbocycles. The number of non-ortho nitro benzene ring substituents is 1. The number of hydrogen-bond acceptors (Lipinski definition) is 6. The lowest BCUT2D eigenvalue weighted by atomic mass is 9.98. The second kappa shape index (κ2) is 7.20. The van der Waals surface area contributed by atoms with Crippen molar-refractivity contribution in [2.24, 2.45) is 0 Å². The molecule has 1 aromatic heterocycles. The van der Waals surface area contributed by atoms with Crippen LogP contribution in [0, 0.1) is 10.1 Å². The topological polar surface area (TPSA) is 93.0 Å². The van der Waals surface area contributed by atoms with E-state index < -0.39 is 16.9 Å². The number of likely N-dealkylation sites (N-methyl/N-ethyl adjacent to an activating group) is 1. The molecular formula is C18H17N3O5S. The van der Waals surface area contributed by atoms with Gasteiger partial charge < -0.3 is 9.64 Å². The number of urea groups is 1. The molecule has 0 fully saturated rings. The van der Waals surface area contributed by atoms with Crippen LogP contribution in [0.3, 0.4) is 0 Å². The predicted molar refractivity (Wildman–Crippen MR) is 101 cm³/mol. The summed E-state index contributed by atoms with van der Waals surface area (Å²) in [5.74, 6) is -0.555. The smallest absolute Gasteiger partial charge is 0.338 e. The Bertz CT molecular complexity index is 938. The predicted octanol–water partition coefficient (Wildman–Crippen LogP) is 3.72. The lowest BCUT2D eigenvalue weighted by Crippen LogP contribution is -2.49. The van der Waals surface area contributed by atoms with Crippen LogP contribution >= 0.6 is 11.3 Å². The lowest BCUT2D eigenvalue weighted by molar-refractivity contribution is -0.384. The molecule has 2 heterocycles. The summed E-state index contributed by atoms with van der Waals surface area (Å²) < 4.78 is 4.95. The van der Waals surface area contributed by atoms with Crippen LogP contribution in [0.25, 0.3) is 0 Å². The highest BCUT2D eigenvalue weighted by Gasteiger charge is 2.41. The highest BCUT2D eigenvalue weighted by atomic mass is 32.1. The largest absolute Gasteiger partial charge is 0.466 e. The summed E-state index contributed by atoms with van der Waals surface area (Å²) >= 11 is 1.43. The third kappa shape index (κ3) is 3.17. The van der Waals surface area contributed by atoms with E-state index in [1.165, 1.54) is 46.4 Å². The quantitative estimate of drug-likeness (QED) is 0.453. The summed E-state index contributed by atoms with van der Waals surface area (Å²) in [7, 11) is 2.87. The number of anilines is 1. The van der Waals surface area contributed by atoms with E-state index in [0.717, 1.165) is 4.88 Å². The van der Waals surface area contributed by atoms with Crippen LogP contribution < -0.4 is 4.90 Å². The highest BCUT2D eigenvalue weighted by molar-refractivity contribution is 7.10. The van der Waals surface area contributed by atoms with Gasteiger partial charge in [0.05, 0.1) is 23.3 Å². The van der Waals surface area contributed by atoms with Crippen LogP contribution in [-0.4, -0.2) is 36.0 Å². The van der Waals surface area contributed by atoms with Gasteiger partial charge in [0.1, 0.15) is 6.04 Å². The monoisotopic (exact) mass is 387 g/mol. The van der Waals surface area contributed by atoms with Gasteiger partial charge >= 0.3 is 12.0 Å². The first kappa shape index (κ1) is 18.6. The van der Waals surface area contributed by atoms with Crippen LogP contribution in [0.4, 0.5) is 16.2 Å². The molecule has 2 aromatic rings. The number of nitrogens with zero attached hydrogens (tertiary/aromatic N) is 3. The van der Waals surface area contributed by atoms with Crippen LogP contribution in [0.15, 0.2) is 53.0 Å². The van der Waals surface area contributed by atoms with Crippen LogP contribution in [0.5, 0.6) is 0 Å². The van der Waals surface area contributed by atoms with E-state index in [0.29, 0.717) is 17.0 Å². The van der Waals surface area contributed by atoms with Crippen molar-refractivity contribution in [3.05, 3.63) is 68.0 Å². The molecule has 0 aliphatic carbocycles. The minimum absolute atomic E-state index is 0.143. The first-order chi connectivity index (χ1) is 12.9. The maximum atomic E-state index is 13.1. The Hall–Kier alpha value is -3.20. The molecular weight excluding hydrogens is 370 g/mol. The van der Waals surface area contributed by atoms with Crippen LogP contribution in [-0.2, 0) is 9.53 Å². The molecule has 9 heteroatoms. The Morgan fingerprint density at radius 3 is 2.63 bits per heavy atom. The molecule has 0 bridgehead atoms. The molecule has 0 unspecified atom stereocenters. The van der Waals surface area contributed by atoms with E-state index in [1.807, 2.05) is 17.5 Å². The van der Waals surface area contributed by atoms with Gasteiger partial charge in [-0.2, -0.15) is 0 Å². The van der Waals surface area contributed by atoms with E-state index in [4.69, 9.17) is 4.74 Å². The van der Waals surface area contributed by atoms with E-state index in [-0.39, 0.29) is 11.7 Å². The summed E-state index contributed by atoms with van der Waals surface area (Å²) in [6.07, 6.45) is 0. The molecule has 1 atom stereocenters. The van der Waals surface area contributed by atoms with Gasteiger partial charge in [-0.05, 0) is 24.4 Å². The van der Waals surface area contributed by atoms with Crippen molar-refractivity contribution < 1.29 is 19.2 Å². The third-order valence-corrected chi connectivity index (χ3v) is 5.32. The zero-order valence-electron chi connectivity index (χ0n) is 14.9. The molecule has 3 rings (SSSR count). The molecule has 0 N–H and O–H groups in total. The van der Waals surface area contributed by atoms with Gasteiger partial charge in [0.2, 0.25) is 0 Å². The summed E-state index contributed by atoms with van der Waals surface area (Å²) in [4.78, 5) is 39.7. The van der Waals surface area contributed by atoms with Gasteiger partial charge in [-0.15, -0.1) is 11.3 Å². The number of carbonyl (C=O) groups excluding carboxylic acids is 2. The van der Waals surface area contributed by atoms with Crippen molar-refractivity contribution in [2.45, 2.75) is 13.0 Å². The first-order valence-corrected chi connectivity index (χ1v) is 8.88. The molecule has 0 saturated heterocycles. The molecule has 1 aromatic carbocycles. The summed E-state index contributed by atoms with van der Waals surface area (Å²) in [5, 5.41) is 13.0. The molecule has 0 spiro atoms. The Morgan fingerprint density at radius 2 is 2.04 bits per heavy atom. The molecule has 27 heavy (non-hydrogen) atoms. The molecule has 1 aliphatic heterocycles. The number of nitro benzene ring substituents is 1. The van der Waals surface area contributed by atoms with Gasteiger partial charge in [-0.1, -0.05) is 12.1 Å². The fourth-order valence-corrected chi connectivity index (χ4v) is 4.00. The number of rotatable bonds is 4. The Labute approximate surface area is 159 Å². The first-order valence-electron chi connectivity index (χ1n) is 8.00. The Morgan fingerprint density at radius 1 is 1.30 bits per heavy atom. The number of methoxy groups -OCH3 is 1. The van der Waals surface area contributed by atoms with Crippen molar-refractivity contribution in [2.75, 3.05) is 19.1 Å². The van der Waals surface area contributed by atoms with E-state index in [1.54, 1.807) is 20.0 Å². The van der Waals surface area contributed by atoms with E-state index in [2.05, 4.69) is 0 Å². The van der Waals surface area contributed by atoms with Gasteiger partial charge in [-0.3, -0.25) is 15.0 Å². The summed E-state index contributed by atoms with van der Waals surface area (Å²) in [6.45, 7) is 1.64. The van der Waals surface area contributed by atoms with E-state index >= 15 is 0 Å². The maximum Gasteiger partial charge on any atom is 0.338 e. The van der Waals surface area contributed by atoms with Crippen molar-refractivity contribution >= 4 is 34.7 Å². The van der Waals surface area contributed by atoms with Gasteiger partial charge in [0.15, 0.2) is 0 Å². The number of esters is 1. The molecule has 1 aliphatic rings. The lowest BCUT2D eigenvalue weighted by Gasteiger charge is -2.40. The van der Waals surface area contributed by atoms with Crippen molar-refractivity contribution in [3.63, 3.8) is 0 Å². The second-order valence-electron chi connectivity index (χ2n) is 5.91. The fraction of sp³-hybridized carbons (Fsp3) is 0.222. The summed E-state index contributed by atoms with van der Waals surface area (Å²) in [6, 6.07) is 8.44. The van der Waals surface area contributed by atoms with Gasteiger partial charge in [0, 0.05) is 29.8 Å². The van der Waals surface area contributed by atoms with Crippen LogP contribution in [0.1, 0.15) is 17.8 Å². The minimum atomic E-state index is -0.583. The number of benzene rings is 1. The molecule has 2 amide bonds. The fourth-order valence-electron chi connectivity index (χ4n) is 3.12. The molecule has 140 valence electrons. The number of amides is 2. The standard InChI is InChI=1S/C18H17N3O5S/c1-11-15(17(22)26-3)16(14-8-5-9-27-14)19(2)18(23)20(11)12-6-4-7-13(10-12)21(24)25/h4-10,16H,1-3H3/t16-/m0/s1. The maximum absolute atomic E-state index is 13.1. The van der Waals surface area contributed by atoms with Gasteiger partial charge in [-0.25, -0.2) is 9.59 Å². The average Bonchev–Trinajstić information content (AvgIpc) is 3.18.